The van der Waals surface area contributed by atoms with Crippen LogP contribution in [0.2, 0.25) is 5.02 Å². The van der Waals surface area contributed by atoms with E-state index in [0.717, 1.165) is 23.3 Å². The van der Waals surface area contributed by atoms with Crippen LogP contribution in [0.25, 0.3) is 0 Å². The smallest absolute Gasteiger partial charge is 0.186 e. The van der Waals surface area contributed by atoms with E-state index in [0.29, 0.717) is 23.9 Å². The number of oxime groups is 1. The van der Waals surface area contributed by atoms with Gasteiger partial charge >= 0.3 is 0 Å². The third-order valence-electron chi connectivity index (χ3n) is 3.37. The molecular formula is C14H14ClN3O2. The third kappa shape index (κ3) is 2.20. The van der Waals surface area contributed by atoms with Crippen molar-refractivity contribution in [3.8, 4) is 5.75 Å². The van der Waals surface area contributed by atoms with Gasteiger partial charge in [-0.1, -0.05) is 16.8 Å². The zero-order chi connectivity index (χ0) is 14.1. The lowest BCUT2D eigenvalue weighted by atomic mass is 10.1. The lowest BCUT2D eigenvalue weighted by Gasteiger charge is -2.12. The van der Waals surface area contributed by atoms with Gasteiger partial charge in [0.2, 0.25) is 0 Å². The van der Waals surface area contributed by atoms with Gasteiger partial charge in [0.15, 0.2) is 5.84 Å². The van der Waals surface area contributed by atoms with Crippen molar-refractivity contribution in [1.29, 1.82) is 0 Å². The van der Waals surface area contributed by atoms with Gasteiger partial charge in [-0.3, -0.25) is 0 Å². The fourth-order valence-corrected chi connectivity index (χ4v) is 2.75. The topological polar surface area (TPSA) is 72.8 Å². The van der Waals surface area contributed by atoms with E-state index in [1.807, 2.05) is 29.0 Å². The molecule has 1 aromatic heterocycles. The number of aromatic nitrogens is 1. The first-order valence-corrected chi connectivity index (χ1v) is 6.64. The molecule has 2 aromatic rings. The van der Waals surface area contributed by atoms with Gasteiger partial charge in [-0.25, -0.2) is 0 Å². The lowest BCUT2D eigenvalue weighted by Crippen LogP contribution is -2.18. The summed E-state index contributed by atoms with van der Waals surface area (Å²) in [6.45, 7) is 1.24. The summed E-state index contributed by atoms with van der Waals surface area (Å²) in [5.41, 5.74) is 8.43. The predicted molar refractivity (Wildman–Crippen MR) is 76.7 cm³/mol. The summed E-state index contributed by atoms with van der Waals surface area (Å²) in [5.74, 6) is 0.975. The molecule has 0 radical (unpaired) electrons. The number of rotatable bonds is 3. The van der Waals surface area contributed by atoms with Crippen LogP contribution < -0.4 is 10.5 Å². The maximum absolute atomic E-state index is 8.80. The van der Waals surface area contributed by atoms with E-state index in [1.165, 1.54) is 0 Å². The van der Waals surface area contributed by atoms with Crippen LogP contribution in [0.3, 0.4) is 0 Å². The molecule has 1 aliphatic rings. The van der Waals surface area contributed by atoms with Crippen molar-refractivity contribution in [3.05, 3.63) is 52.3 Å². The largest absolute Gasteiger partial charge is 0.493 e. The van der Waals surface area contributed by atoms with Crippen LogP contribution >= 0.6 is 11.6 Å². The second kappa shape index (κ2) is 5.09. The Balaban J connectivity index is 1.99. The lowest BCUT2D eigenvalue weighted by molar-refractivity contribution is 0.318. The van der Waals surface area contributed by atoms with E-state index in [1.54, 1.807) is 6.07 Å². The monoisotopic (exact) mass is 291 g/mol. The van der Waals surface area contributed by atoms with Crippen molar-refractivity contribution in [3.63, 3.8) is 0 Å². The van der Waals surface area contributed by atoms with Crippen LogP contribution in [-0.2, 0) is 13.0 Å². The minimum Gasteiger partial charge on any atom is -0.493 e. The highest BCUT2D eigenvalue weighted by Crippen LogP contribution is 2.33. The average molecular weight is 292 g/mol. The van der Waals surface area contributed by atoms with E-state index >= 15 is 0 Å². The Kier molecular flexibility index (Phi) is 3.28. The Labute approximate surface area is 121 Å². The first-order chi connectivity index (χ1) is 9.69. The number of fused-ring (bicyclic) bond motifs is 1. The molecule has 3 rings (SSSR count). The third-order valence-corrected chi connectivity index (χ3v) is 3.58. The van der Waals surface area contributed by atoms with Crippen molar-refractivity contribution in [1.82, 2.24) is 4.57 Å². The molecule has 0 atom stereocenters. The standard InChI is InChI=1S/C14H14ClN3O2/c15-11-6-9-3-5-20-13(9)10(7-11)8-18-4-1-2-12(18)14(16)17-19/h1-2,4,6-7,19H,3,5,8H2,(H2,16,17). The van der Waals surface area contributed by atoms with Crippen LogP contribution in [0.15, 0.2) is 35.6 Å². The minimum absolute atomic E-state index is 0.0783. The molecule has 6 heteroatoms. The maximum Gasteiger partial charge on any atom is 0.186 e. The number of hydrogen-bond acceptors (Lipinski definition) is 3. The molecule has 0 saturated carbocycles. The van der Waals surface area contributed by atoms with Gasteiger partial charge in [-0.2, -0.15) is 0 Å². The Morgan fingerprint density at radius 3 is 3.15 bits per heavy atom. The molecule has 0 bridgehead atoms. The Bertz CT molecular complexity index is 679. The molecule has 5 nitrogen and oxygen atoms in total. The van der Waals surface area contributed by atoms with Gasteiger partial charge < -0.3 is 20.2 Å². The first-order valence-electron chi connectivity index (χ1n) is 6.26. The Hall–Kier alpha value is -2.14. The van der Waals surface area contributed by atoms with Crippen molar-refractivity contribution >= 4 is 17.4 Å². The van der Waals surface area contributed by atoms with E-state index < -0.39 is 0 Å². The number of halogens is 1. The maximum atomic E-state index is 8.80. The number of nitrogens with two attached hydrogens (primary N) is 1. The zero-order valence-electron chi connectivity index (χ0n) is 10.7. The summed E-state index contributed by atoms with van der Waals surface area (Å²) in [6.07, 6.45) is 2.75. The second-order valence-electron chi connectivity index (χ2n) is 4.66. The molecule has 1 aromatic carbocycles. The second-order valence-corrected chi connectivity index (χ2v) is 5.09. The summed E-state index contributed by atoms with van der Waals surface area (Å²) in [4.78, 5) is 0. The predicted octanol–water partition coefficient (Wildman–Crippen LogP) is 2.22. The molecule has 3 N–H and O–H groups in total. The van der Waals surface area contributed by atoms with Crippen LogP contribution in [0.1, 0.15) is 16.8 Å². The molecule has 104 valence electrons. The van der Waals surface area contributed by atoms with Gasteiger partial charge in [0.1, 0.15) is 5.75 Å². The minimum atomic E-state index is 0.0783. The fraction of sp³-hybridized carbons (Fsp3) is 0.214. The molecule has 1 aliphatic heterocycles. The fourth-order valence-electron chi connectivity index (χ4n) is 2.48. The zero-order valence-corrected chi connectivity index (χ0v) is 11.5. The summed E-state index contributed by atoms with van der Waals surface area (Å²) in [7, 11) is 0. The molecule has 20 heavy (non-hydrogen) atoms. The van der Waals surface area contributed by atoms with Crippen LogP contribution in [0.4, 0.5) is 0 Å². The molecule has 0 spiro atoms. The van der Waals surface area contributed by atoms with Gasteiger partial charge in [0.05, 0.1) is 18.8 Å². The van der Waals surface area contributed by atoms with E-state index in [2.05, 4.69) is 5.16 Å². The van der Waals surface area contributed by atoms with Crippen LogP contribution in [0.5, 0.6) is 5.75 Å². The molecule has 0 aliphatic carbocycles. The summed E-state index contributed by atoms with van der Waals surface area (Å²) >= 11 is 6.15. The van der Waals surface area contributed by atoms with Crippen molar-refractivity contribution < 1.29 is 9.94 Å². The van der Waals surface area contributed by atoms with Gasteiger partial charge in [0.25, 0.3) is 0 Å². The van der Waals surface area contributed by atoms with Gasteiger partial charge in [0, 0.05) is 23.2 Å². The number of amidine groups is 1. The number of nitrogens with zero attached hydrogens (tertiary/aromatic N) is 2. The summed E-state index contributed by atoms with van der Waals surface area (Å²) in [6, 6.07) is 7.47. The first kappa shape index (κ1) is 12.9. The highest BCUT2D eigenvalue weighted by molar-refractivity contribution is 6.30. The summed E-state index contributed by atoms with van der Waals surface area (Å²) in [5, 5.41) is 12.5. The summed E-state index contributed by atoms with van der Waals surface area (Å²) < 4.78 is 7.57. The van der Waals surface area contributed by atoms with Gasteiger partial charge in [-0.15, -0.1) is 0 Å². The van der Waals surface area contributed by atoms with Crippen LogP contribution in [0, 0.1) is 0 Å². The molecular weight excluding hydrogens is 278 g/mol. The molecule has 2 heterocycles. The van der Waals surface area contributed by atoms with E-state index in [9.17, 15) is 0 Å². The number of benzene rings is 1. The van der Waals surface area contributed by atoms with Gasteiger partial charge in [-0.05, 0) is 29.8 Å². The number of hydrogen-bond donors (Lipinski definition) is 2. The van der Waals surface area contributed by atoms with Crippen LogP contribution in [-0.4, -0.2) is 22.2 Å². The molecule has 0 saturated heterocycles. The molecule has 0 unspecified atom stereocenters. The highest BCUT2D eigenvalue weighted by Gasteiger charge is 2.18. The quantitative estimate of drug-likeness (QED) is 0.394. The Morgan fingerprint density at radius 2 is 2.35 bits per heavy atom. The van der Waals surface area contributed by atoms with E-state index in [4.69, 9.17) is 27.3 Å². The Morgan fingerprint density at radius 1 is 1.50 bits per heavy atom. The SMILES string of the molecule is N/C(=N/O)c1cccn1Cc1cc(Cl)cc2c1OCC2. The van der Waals surface area contributed by atoms with Crippen molar-refractivity contribution in [2.75, 3.05) is 6.61 Å². The highest BCUT2D eigenvalue weighted by atomic mass is 35.5. The normalized spacial score (nSPS) is 14.2. The average Bonchev–Trinajstić information content (AvgIpc) is 3.06. The van der Waals surface area contributed by atoms with E-state index in [-0.39, 0.29) is 5.84 Å². The molecule has 0 fully saturated rings. The molecule has 0 amide bonds. The van der Waals surface area contributed by atoms with Crippen molar-refractivity contribution in [2.24, 2.45) is 10.9 Å². The van der Waals surface area contributed by atoms with Crippen molar-refractivity contribution in [2.45, 2.75) is 13.0 Å². The number of ether oxygens (including phenoxy) is 1.